The van der Waals surface area contributed by atoms with Crippen LogP contribution in [0.5, 0.6) is 0 Å². The van der Waals surface area contributed by atoms with Crippen molar-refractivity contribution in [2.75, 3.05) is 0 Å². The molecular formula is C45H28N2. The quantitative estimate of drug-likeness (QED) is 0.203. The number of hydrogen-bond acceptors (Lipinski definition) is 2. The minimum absolute atomic E-state index is 0.492. The Morgan fingerprint density at radius 3 is 1.72 bits per heavy atom. The van der Waals surface area contributed by atoms with Crippen molar-refractivity contribution in [3.63, 3.8) is 0 Å². The van der Waals surface area contributed by atoms with E-state index < -0.39 is 5.41 Å². The fourth-order valence-electron chi connectivity index (χ4n) is 8.01. The first-order valence-electron chi connectivity index (χ1n) is 16.2. The van der Waals surface area contributed by atoms with Crippen molar-refractivity contribution in [3.8, 4) is 56.0 Å². The number of aromatic nitrogens is 2. The van der Waals surface area contributed by atoms with Crippen LogP contribution in [0.1, 0.15) is 22.3 Å². The first kappa shape index (κ1) is 26.1. The van der Waals surface area contributed by atoms with Crippen molar-refractivity contribution in [2.24, 2.45) is 0 Å². The molecule has 0 saturated heterocycles. The molecule has 8 aromatic rings. The van der Waals surface area contributed by atoms with Gasteiger partial charge < -0.3 is 0 Å². The van der Waals surface area contributed by atoms with Gasteiger partial charge in [-0.05, 0) is 73.0 Å². The molecule has 1 unspecified atom stereocenters. The van der Waals surface area contributed by atoms with Crippen LogP contribution in [0.15, 0.2) is 170 Å². The largest absolute Gasteiger partial charge is 0.236 e. The van der Waals surface area contributed by atoms with E-state index in [1.165, 1.54) is 66.4 Å². The van der Waals surface area contributed by atoms with E-state index in [1.807, 2.05) is 18.2 Å². The summed E-state index contributed by atoms with van der Waals surface area (Å²) in [7, 11) is 0. The summed E-state index contributed by atoms with van der Waals surface area (Å²) < 4.78 is 0. The van der Waals surface area contributed by atoms with Gasteiger partial charge >= 0.3 is 0 Å². The number of benzene rings is 7. The van der Waals surface area contributed by atoms with Crippen LogP contribution < -0.4 is 0 Å². The molecule has 0 fully saturated rings. The van der Waals surface area contributed by atoms with Crippen molar-refractivity contribution in [2.45, 2.75) is 5.41 Å². The van der Waals surface area contributed by atoms with Crippen molar-refractivity contribution in [1.29, 1.82) is 0 Å². The Labute approximate surface area is 273 Å². The molecule has 1 atom stereocenters. The van der Waals surface area contributed by atoms with Crippen LogP contribution in [0.25, 0.3) is 66.8 Å². The van der Waals surface area contributed by atoms with Crippen LogP contribution in [0.3, 0.4) is 0 Å². The van der Waals surface area contributed by atoms with Crippen molar-refractivity contribution >= 4 is 10.8 Å². The Morgan fingerprint density at radius 2 is 0.936 bits per heavy atom. The van der Waals surface area contributed by atoms with E-state index in [0.29, 0.717) is 0 Å². The SMILES string of the molecule is c1ccc(-c2ncc3c(n2)-c2ccccc2C32c3ccccc3-c3ccc(-c4ccc(-c5ccc6ccccc6c5)cc4)cc32)cc1. The molecule has 47 heavy (non-hydrogen) atoms. The van der Waals surface area contributed by atoms with Gasteiger partial charge in [0.05, 0.1) is 11.1 Å². The minimum atomic E-state index is -0.492. The summed E-state index contributed by atoms with van der Waals surface area (Å²) in [6.45, 7) is 0. The molecule has 2 nitrogen and oxygen atoms in total. The average Bonchev–Trinajstić information content (AvgIpc) is 3.61. The number of fused-ring (bicyclic) bond motifs is 11. The van der Waals surface area contributed by atoms with Crippen LogP contribution >= 0.6 is 0 Å². The first-order chi connectivity index (χ1) is 23.3. The second-order valence-electron chi connectivity index (χ2n) is 12.6. The lowest BCUT2D eigenvalue weighted by molar-refractivity contribution is 0.785. The maximum Gasteiger partial charge on any atom is 0.159 e. The van der Waals surface area contributed by atoms with Crippen LogP contribution in [0, 0.1) is 0 Å². The average molecular weight is 597 g/mol. The van der Waals surface area contributed by atoms with Gasteiger partial charge in [-0.3, -0.25) is 0 Å². The highest BCUT2D eigenvalue weighted by molar-refractivity contribution is 5.95. The van der Waals surface area contributed by atoms with E-state index in [1.54, 1.807) is 0 Å². The molecule has 0 aliphatic heterocycles. The Morgan fingerprint density at radius 1 is 0.362 bits per heavy atom. The van der Waals surface area contributed by atoms with Gasteiger partial charge in [0.15, 0.2) is 5.82 Å². The highest BCUT2D eigenvalue weighted by atomic mass is 14.9. The lowest BCUT2D eigenvalue weighted by atomic mass is 9.71. The van der Waals surface area contributed by atoms with Gasteiger partial charge in [-0.1, -0.05) is 152 Å². The topological polar surface area (TPSA) is 25.8 Å². The molecule has 1 heterocycles. The second kappa shape index (κ2) is 9.94. The molecule has 10 rings (SSSR count). The normalized spacial score (nSPS) is 15.3. The van der Waals surface area contributed by atoms with Gasteiger partial charge in [0.1, 0.15) is 0 Å². The van der Waals surface area contributed by atoms with E-state index in [9.17, 15) is 0 Å². The summed E-state index contributed by atoms with van der Waals surface area (Å²) in [6.07, 6.45) is 2.08. The van der Waals surface area contributed by atoms with Gasteiger partial charge in [0, 0.05) is 22.9 Å². The van der Waals surface area contributed by atoms with Gasteiger partial charge in [-0.15, -0.1) is 0 Å². The zero-order valence-corrected chi connectivity index (χ0v) is 25.6. The Kier molecular flexibility index (Phi) is 5.53. The molecule has 0 amide bonds. The zero-order valence-electron chi connectivity index (χ0n) is 25.6. The molecule has 218 valence electrons. The maximum atomic E-state index is 5.26. The van der Waals surface area contributed by atoms with Crippen LogP contribution in [0.4, 0.5) is 0 Å². The van der Waals surface area contributed by atoms with E-state index in [0.717, 1.165) is 22.6 Å². The van der Waals surface area contributed by atoms with Gasteiger partial charge in [0.25, 0.3) is 0 Å². The van der Waals surface area contributed by atoms with Crippen molar-refractivity contribution in [3.05, 3.63) is 192 Å². The molecule has 1 aromatic heterocycles. The summed E-state index contributed by atoms with van der Waals surface area (Å²) in [5.74, 6) is 0.753. The van der Waals surface area contributed by atoms with Crippen LogP contribution in [-0.4, -0.2) is 9.97 Å². The highest BCUT2D eigenvalue weighted by Crippen LogP contribution is 2.62. The smallest absolute Gasteiger partial charge is 0.159 e. The molecule has 0 bridgehead atoms. The van der Waals surface area contributed by atoms with Gasteiger partial charge in [-0.25, -0.2) is 9.97 Å². The Balaban J connectivity index is 1.15. The predicted molar refractivity (Wildman–Crippen MR) is 192 cm³/mol. The summed E-state index contributed by atoms with van der Waals surface area (Å²) in [4.78, 5) is 10.3. The lowest BCUT2D eigenvalue weighted by Gasteiger charge is -2.30. The third kappa shape index (κ3) is 3.73. The Hall–Kier alpha value is -6.12. The third-order valence-corrected chi connectivity index (χ3v) is 10.2. The lowest BCUT2D eigenvalue weighted by Crippen LogP contribution is -2.26. The van der Waals surface area contributed by atoms with E-state index in [4.69, 9.17) is 9.97 Å². The second-order valence-corrected chi connectivity index (χ2v) is 12.6. The van der Waals surface area contributed by atoms with E-state index in [2.05, 4.69) is 152 Å². The molecule has 0 radical (unpaired) electrons. The van der Waals surface area contributed by atoms with E-state index in [-0.39, 0.29) is 0 Å². The molecule has 1 spiro atoms. The molecule has 7 aromatic carbocycles. The molecule has 2 aliphatic carbocycles. The fraction of sp³-hybridized carbons (Fsp3) is 0.0222. The molecule has 2 heteroatoms. The van der Waals surface area contributed by atoms with Crippen LogP contribution in [-0.2, 0) is 5.41 Å². The first-order valence-corrected chi connectivity index (χ1v) is 16.2. The summed E-state index contributed by atoms with van der Waals surface area (Å²) >= 11 is 0. The maximum absolute atomic E-state index is 5.26. The Bertz CT molecular complexity index is 2510. The summed E-state index contributed by atoms with van der Waals surface area (Å²) in [5.41, 5.74) is 15.1. The fourth-order valence-corrected chi connectivity index (χ4v) is 8.01. The number of hydrogen-bond donors (Lipinski definition) is 0. The third-order valence-electron chi connectivity index (χ3n) is 10.2. The molecule has 0 saturated carbocycles. The zero-order chi connectivity index (χ0) is 31.0. The molecule has 0 N–H and O–H groups in total. The monoisotopic (exact) mass is 596 g/mol. The van der Waals surface area contributed by atoms with Crippen molar-refractivity contribution < 1.29 is 0 Å². The van der Waals surface area contributed by atoms with Gasteiger partial charge in [0.2, 0.25) is 0 Å². The minimum Gasteiger partial charge on any atom is -0.236 e. The standard InChI is InChI=1S/C45H28N2/c1-2-11-32(12-3-1)44-46-28-42-43(47-44)38-15-7-9-17-40(38)45(42)39-16-8-6-14-36(39)37-25-24-35(27-41(37)45)31-20-18-30(19-21-31)34-23-22-29-10-4-5-13-33(29)26-34/h1-28H. The number of rotatable bonds is 3. The predicted octanol–water partition coefficient (Wildman–Crippen LogP) is 11.0. The van der Waals surface area contributed by atoms with E-state index >= 15 is 0 Å². The van der Waals surface area contributed by atoms with Gasteiger partial charge in [-0.2, -0.15) is 0 Å². The summed E-state index contributed by atoms with van der Waals surface area (Å²) in [6, 6.07) is 59.2. The van der Waals surface area contributed by atoms with Crippen LogP contribution in [0.2, 0.25) is 0 Å². The summed E-state index contributed by atoms with van der Waals surface area (Å²) in [5, 5.41) is 2.52. The van der Waals surface area contributed by atoms with Crippen molar-refractivity contribution in [1.82, 2.24) is 9.97 Å². The number of nitrogens with zero attached hydrogens (tertiary/aromatic N) is 2. The molecule has 2 aliphatic rings. The molecular weight excluding hydrogens is 569 g/mol. The highest BCUT2D eigenvalue weighted by Gasteiger charge is 2.52.